The van der Waals surface area contributed by atoms with Gasteiger partial charge in [-0.1, -0.05) is 6.07 Å². The Morgan fingerprint density at radius 3 is 2.52 bits per heavy atom. The van der Waals surface area contributed by atoms with Crippen molar-refractivity contribution >= 4 is 29.2 Å². The van der Waals surface area contributed by atoms with Crippen LogP contribution in [0.3, 0.4) is 0 Å². The van der Waals surface area contributed by atoms with E-state index in [-0.39, 0.29) is 22.1 Å². The van der Waals surface area contributed by atoms with Crippen LogP contribution in [-0.4, -0.2) is 57.9 Å². The first-order valence-electron chi connectivity index (χ1n) is 9.23. The Morgan fingerprint density at radius 2 is 1.87 bits per heavy atom. The van der Waals surface area contributed by atoms with Gasteiger partial charge in [-0.3, -0.25) is 4.79 Å². The first-order chi connectivity index (χ1) is 14.7. The molecule has 0 spiro atoms. The quantitative estimate of drug-likeness (QED) is 0.335. The normalized spacial score (nSPS) is 14.8. The summed E-state index contributed by atoms with van der Waals surface area (Å²) in [5.74, 6) is -3.16. The molecule has 0 bridgehead atoms. The van der Waals surface area contributed by atoms with E-state index in [4.69, 9.17) is 19.7 Å². The van der Waals surface area contributed by atoms with E-state index in [1.807, 2.05) is 0 Å². The number of nitrogens with zero attached hydrogens (tertiary/aromatic N) is 1. The zero-order chi connectivity index (χ0) is 22.6. The predicted octanol–water partition coefficient (Wildman–Crippen LogP) is 0.311. The summed E-state index contributed by atoms with van der Waals surface area (Å²) in [4.78, 5) is 39.6. The van der Waals surface area contributed by atoms with Crippen LogP contribution in [0.15, 0.2) is 18.2 Å². The zero-order valence-electron chi connectivity index (χ0n) is 16.5. The van der Waals surface area contributed by atoms with Gasteiger partial charge in [0.2, 0.25) is 0 Å². The van der Waals surface area contributed by atoms with Crippen LogP contribution in [0.2, 0.25) is 0 Å². The van der Waals surface area contributed by atoms with Crippen molar-refractivity contribution in [2.24, 2.45) is 0 Å². The minimum absolute atomic E-state index is 0.0189. The van der Waals surface area contributed by atoms with Crippen molar-refractivity contribution in [3.05, 3.63) is 39.3 Å². The molecule has 5 N–H and O–H groups in total. The molecule has 12 heteroatoms. The smallest absolute Gasteiger partial charge is 0.341 e. The number of thiazole rings is 1. The number of hydrogen-bond acceptors (Lipinski definition) is 9. The number of fused-ring (bicyclic) bond motifs is 1. The number of ether oxygens (including phenoxy) is 2. The molecule has 0 aliphatic carbocycles. The van der Waals surface area contributed by atoms with Crippen LogP contribution in [0.1, 0.15) is 32.9 Å². The summed E-state index contributed by atoms with van der Waals surface area (Å²) in [7, 11) is 0. The largest absolute Gasteiger partial charge is 0.479 e. The second-order valence-corrected chi connectivity index (χ2v) is 7.95. The minimum Gasteiger partial charge on any atom is -0.479 e. The molecule has 11 nitrogen and oxygen atoms in total. The number of aromatic nitrogens is 1. The van der Waals surface area contributed by atoms with E-state index < -0.39 is 36.8 Å². The lowest BCUT2D eigenvalue weighted by Gasteiger charge is -2.25. The van der Waals surface area contributed by atoms with Crippen molar-refractivity contribution in [3.8, 4) is 11.5 Å². The molecule has 1 aromatic carbocycles. The number of carbonyl (C=O) groups excluding carboxylic acids is 1. The SMILES string of the molecule is CC(O)(NC(=O)c1nc2c(s1)CNCC2)c1ccc(OCC(=O)O)c(OCC(=O)O)c1. The van der Waals surface area contributed by atoms with Crippen molar-refractivity contribution in [1.29, 1.82) is 0 Å². The van der Waals surface area contributed by atoms with Gasteiger partial charge in [-0.25, -0.2) is 14.6 Å². The Balaban J connectivity index is 1.80. The first-order valence-corrected chi connectivity index (χ1v) is 10.1. The monoisotopic (exact) mass is 451 g/mol. The molecule has 1 aromatic heterocycles. The number of aliphatic hydroxyl groups is 1. The Bertz CT molecular complexity index is 981. The minimum atomic E-state index is -1.85. The number of aliphatic carboxylic acids is 2. The molecule has 1 amide bonds. The maximum absolute atomic E-state index is 12.7. The summed E-state index contributed by atoms with van der Waals surface area (Å²) in [5.41, 5.74) is -0.821. The number of carboxylic acids is 2. The first kappa shape index (κ1) is 22.5. The highest BCUT2D eigenvalue weighted by Gasteiger charge is 2.29. The van der Waals surface area contributed by atoms with Crippen LogP contribution >= 0.6 is 11.3 Å². The summed E-state index contributed by atoms with van der Waals surface area (Å²) in [6.45, 7) is 1.39. The van der Waals surface area contributed by atoms with Gasteiger partial charge in [0.1, 0.15) is 0 Å². The van der Waals surface area contributed by atoms with Crippen LogP contribution in [0.4, 0.5) is 0 Å². The van der Waals surface area contributed by atoms with Gasteiger partial charge in [-0.2, -0.15) is 0 Å². The van der Waals surface area contributed by atoms with E-state index in [9.17, 15) is 19.5 Å². The molecule has 0 saturated heterocycles. The lowest BCUT2D eigenvalue weighted by molar-refractivity contribution is -0.140. The van der Waals surface area contributed by atoms with E-state index in [1.54, 1.807) is 0 Å². The Morgan fingerprint density at radius 1 is 1.19 bits per heavy atom. The fourth-order valence-electron chi connectivity index (χ4n) is 2.89. The van der Waals surface area contributed by atoms with Crippen LogP contribution in [0, 0.1) is 0 Å². The number of amides is 1. The van der Waals surface area contributed by atoms with Gasteiger partial charge < -0.3 is 35.4 Å². The maximum atomic E-state index is 12.7. The van der Waals surface area contributed by atoms with Gasteiger partial charge in [-0.05, 0) is 19.1 Å². The summed E-state index contributed by atoms with van der Waals surface area (Å²) < 4.78 is 10.2. The number of nitrogens with one attached hydrogen (secondary N) is 2. The molecule has 1 aliphatic heterocycles. The molecule has 0 radical (unpaired) electrons. The second-order valence-electron chi connectivity index (χ2n) is 6.87. The maximum Gasteiger partial charge on any atom is 0.341 e. The van der Waals surface area contributed by atoms with Gasteiger partial charge >= 0.3 is 11.9 Å². The third kappa shape index (κ3) is 5.69. The van der Waals surface area contributed by atoms with Crippen LogP contribution in [0.25, 0.3) is 0 Å². The van der Waals surface area contributed by atoms with E-state index in [2.05, 4.69) is 15.6 Å². The number of benzene rings is 1. The Labute approximate surface area is 180 Å². The van der Waals surface area contributed by atoms with Crippen molar-refractivity contribution in [3.63, 3.8) is 0 Å². The molecular weight excluding hydrogens is 430 g/mol. The molecule has 166 valence electrons. The molecule has 2 aromatic rings. The number of rotatable bonds is 9. The molecule has 0 fully saturated rings. The van der Waals surface area contributed by atoms with E-state index in [0.717, 1.165) is 23.5 Å². The third-order valence-electron chi connectivity index (χ3n) is 4.36. The van der Waals surface area contributed by atoms with Gasteiger partial charge in [0.25, 0.3) is 5.91 Å². The summed E-state index contributed by atoms with van der Waals surface area (Å²) >= 11 is 1.24. The van der Waals surface area contributed by atoms with Crippen molar-refractivity contribution in [1.82, 2.24) is 15.6 Å². The Kier molecular flexibility index (Phi) is 6.73. The number of carbonyl (C=O) groups is 3. The highest BCUT2D eigenvalue weighted by atomic mass is 32.1. The van der Waals surface area contributed by atoms with E-state index >= 15 is 0 Å². The molecule has 1 unspecified atom stereocenters. The molecule has 1 atom stereocenters. The lowest BCUT2D eigenvalue weighted by atomic mass is 10.0. The third-order valence-corrected chi connectivity index (χ3v) is 5.46. The average Bonchev–Trinajstić information content (AvgIpc) is 3.15. The fourth-order valence-corrected chi connectivity index (χ4v) is 3.86. The topological polar surface area (TPSA) is 167 Å². The number of carboxylic acid groups (broad SMARTS) is 2. The molecule has 1 aliphatic rings. The second kappa shape index (κ2) is 9.29. The molecular formula is C19H21N3O8S. The standard InChI is InChI=1S/C19H21N3O8S/c1-19(28,22-17(27)18-21-11-4-5-20-7-14(11)31-18)10-2-3-12(29-8-15(23)24)13(6-10)30-9-16(25)26/h2-3,6,20,28H,4-5,7-9H2,1H3,(H,22,27)(H,23,24)(H,25,26). The van der Waals surface area contributed by atoms with Crippen LogP contribution in [-0.2, 0) is 28.3 Å². The van der Waals surface area contributed by atoms with E-state index in [0.29, 0.717) is 6.54 Å². The van der Waals surface area contributed by atoms with Crippen molar-refractivity contribution in [2.75, 3.05) is 19.8 Å². The van der Waals surface area contributed by atoms with Crippen molar-refractivity contribution in [2.45, 2.75) is 25.6 Å². The zero-order valence-corrected chi connectivity index (χ0v) is 17.3. The Hall–Kier alpha value is -3.22. The highest BCUT2D eigenvalue weighted by Crippen LogP contribution is 2.32. The summed E-state index contributed by atoms with van der Waals surface area (Å²) in [6.07, 6.45) is 0.720. The summed E-state index contributed by atoms with van der Waals surface area (Å²) in [6, 6.07) is 4.00. The van der Waals surface area contributed by atoms with Gasteiger partial charge in [0.05, 0.1) is 5.69 Å². The van der Waals surface area contributed by atoms with Gasteiger partial charge in [0.15, 0.2) is 35.4 Å². The average molecular weight is 451 g/mol. The van der Waals surface area contributed by atoms with Crippen LogP contribution in [0.5, 0.6) is 11.5 Å². The molecule has 0 saturated carbocycles. The lowest BCUT2D eigenvalue weighted by Crippen LogP contribution is -2.43. The molecule has 2 heterocycles. The van der Waals surface area contributed by atoms with Gasteiger partial charge in [-0.15, -0.1) is 11.3 Å². The van der Waals surface area contributed by atoms with Gasteiger partial charge in [0, 0.05) is 30.0 Å². The molecule has 3 rings (SSSR count). The number of hydrogen-bond donors (Lipinski definition) is 5. The van der Waals surface area contributed by atoms with E-state index in [1.165, 1.54) is 36.5 Å². The highest BCUT2D eigenvalue weighted by molar-refractivity contribution is 7.13. The predicted molar refractivity (Wildman–Crippen MR) is 107 cm³/mol. The molecule has 31 heavy (non-hydrogen) atoms. The van der Waals surface area contributed by atoms with Crippen LogP contribution < -0.4 is 20.1 Å². The fraction of sp³-hybridized carbons (Fsp3) is 0.368. The van der Waals surface area contributed by atoms with Crippen molar-refractivity contribution < 1.29 is 39.2 Å². The summed E-state index contributed by atoms with van der Waals surface area (Å²) in [5, 5.41) is 34.4.